The molecule has 2 nitrogen and oxygen atoms in total. The van der Waals surface area contributed by atoms with E-state index in [4.69, 9.17) is 0 Å². The van der Waals surface area contributed by atoms with Crippen LogP contribution in [0.25, 0.3) is 22.2 Å². The third-order valence-electron chi connectivity index (χ3n) is 2.59. The topological polar surface area (TPSA) is 25.8 Å². The molecular weight excluding hydrogens is 232 g/mol. The van der Waals surface area contributed by atoms with Crippen molar-refractivity contribution in [1.82, 2.24) is 9.97 Å². The maximum atomic E-state index is 4.37. The van der Waals surface area contributed by atoms with Crippen LogP contribution in [0, 0.1) is 0 Å². The molecule has 0 atom stereocenters. The van der Waals surface area contributed by atoms with E-state index in [1.54, 1.807) is 6.33 Å². The van der Waals surface area contributed by atoms with Crippen LogP contribution in [-0.2, 0) is 0 Å². The first kappa shape index (κ1) is 11.6. The number of para-hydroxylation sites is 1. The number of nitrogens with zero attached hydrogens (tertiary/aromatic N) is 2. The largest absolute Gasteiger partial charge is 0.236 e. The Balaban J connectivity index is 0.00000108. The van der Waals surface area contributed by atoms with Crippen molar-refractivity contribution in [2.75, 3.05) is 0 Å². The summed E-state index contributed by atoms with van der Waals surface area (Å²) in [5.41, 5.74) is 3.10. The Hall–Kier alpha value is -1.93. The van der Waals surface area contributed by atoms with Gasteiger partial charge in [-0.25, -0.2) is 9.97 Å². The van der Waals surface area contributed by atoms with Gasteiger partial charge in [-0.05, 0) is 6.07 Å². The number of rotatable bonds is 1. The van der Waals surface area contributed by atoms with Gasteiger partial charge < -0.3 is 0 Å². The van der Waals surface area contributed by atoms with E-state index in [0.29, 0.717) is 0 Å². The summed E-state index contributed by atoms with van der Waals surface area (Å²) in [6.45, 7) is 0. The van der Waals surface area contributed by atoms with Crippen molar-refractivity contribution in [3.63, 3.8) is 0 Å². The summed E-state index contributed by atoms with van der Waals surface area (Å²) in [5.74, 6) is 0. The molecular formula is C14H11ClN2. The van der Waals surface area contributed by atoms with Gasteiger partial charge in [-0.15, -0.1) is 12.4 Å². The van der Waals surface area contributed by atoms with Gasteiger partial charge in [0, 0.05) is 10.9 Å². The third-order valence-corrected chi connectivity index (χ3v) is 2.59. The summed E-state index contributed by atoms with van der Waals surface area (Å²) in [5, 5.41) is 1.09. The second-order valence-corrected chi connectivity index (χ2v) is 3.61. The average Bonchev–Trinajstić information content (AvgIpc) is 2.39. The van der Waals surface area contributed by atoms with Crippen LogP contribution >= 0.6 is 12.4 Å². The molecule has 0 radical (unpaired) electrons. The lowest BCUT2D eigenvalue weighted by atomic mass is 10.1. The molecule has 3 heteroatoms. The molecule has 0 aliphatic carbocycles. The van der Waals surface area contributed by atoms with E-state index in [9.17, 15) is 0 Å². The van der Waals surface area contributed by atoms with Crippen LogP contribution in [-0.4, -0.2) is 9.97 Å². The molecule has 0 N–H and O–H groups in total. The van der Waals surface area contributed by atoms with Crippen LogP contribution in [0.3, 0.4) is 0 Å². The zero-order valence-corrected chi connectivity index (χ0v) is 9.89. The summed E-state index contributed by atoms with van der Waals surface area (Å²) < 4.78 is 0. The molecule has 0 bridgehead atoms. The number of hydrogen-bond acceptors (Lipinski definition) is 2. The molecule has 0 amide bonds. The first-order chi connectivity index (χ1) is 7.95. The molecule has 1 heterocycles. The van der Waals surface area contributed by atoms with Crippen LogP contribution < -0.4 is 0 Å². The molecule has 3 rings (SSSR count). The number of halogens is 1. The Bertz CT molecular complexity index is 618. The molecule has 2 aromatic carbocycles. The summed E-state index contributed by atoms with van der Waals surface area (Å²) >= 11 is 0. The maximum absolute atomic E-state index is 4.37. The minimum atomic E-state index is 0. The SMILES string of the molecule is Cl.c1ccc(-c2ncnc3ccccc23)cc1. The summed E-state index contributed by atoms with van der Waals surface area (Å²) in [7, 11) is 0. The Morgan fingerprint density at radius 1 is 0.706 bits per heavy atom. The van der Waals surface area contributed by atoms with E-state index >= 15 is 0 Å². The molecule has 0 aliphatic heterocycles. The van der Waals surface area contributed by atoms with Gasteiger partial charge in [0.05, 0.1) is 11.2 Å². The summed E-state index contributed by atoms with van der Waals surface area (Å²) in [6, 6.07) is 18.2. The molecule has 17 heavy (non-hydrogen) atoms. The van der Waals surface area contributed by atoms with Gasteiger partial charge in [-0.1, -0.05) is 48.5 Å². The second-order valence-electron chi connectivity index (χ2n) is 3.61. The Kier molecular flexibility index (Phi) is 3.35. The van der Waals surface area contributed by atoms with Gasteiger partial charge in [0.25, 0.3) is 0 Å². The minimum Gasteiger partial charge on any atom is -0.236 e. The van der Waals surface area contributed by atoms with Crippen LogP contribution in [0.2, 0.25) is 0 Å². The molecule has 84 valence electrons. The first-order valence-electron chi connectivity index (χ1n) is 5.20. The fourth-order valence-corrected chi connectivity index (χ4v) is 1.83. The molecule has 3 aromatic rings. The standard InChI is InChI=1S/C14H10N2.ClH/c1-2-6-11(7-3-1)14-12-8-4-5-9-13(12)15-10-16-14;/h1-10H;1H. The zero-order chi connectivity index (χ0) is 10.8. The van der Waals surface area contributed by atoms with Crippen molar-refractivity contribution in [2.45, 2.75) is 0 Å². The predicted octanol–water partition coefficient (Wildman–Crippen LogP) is 3.72. The van der Waals surface area contributed by atoms with Gasteiger partial charge in [-0.3, -0.25) is 0 Å². The number of aromatic nitrogens is 2. The normalized spacial score (nSPS) is 9.88. The average molecular weight is 243 g/mol. The van der Waals surface area contributed by atoms with Gasteiger partial charge in [0.1, 0.15) is 6.33 Å². The van der Waals surface area contributed by atoms with E-state index in [-0.39, 0.29) is 12.4 Å². The Morgan fingerprint density at radius 3 is 2.24 bits per heavy atom. The smallest absolute Gasteiger partial charge is 0.116 e. The van der Waals surface area contributed by atoms with E-state index in [0.717, 1.165) is 22.2 Å². The third kappa shape index (κ3) is 2.12. The van der Waals surface area contributed by atoms with Crippen LogP contribution in [0.15, 0.2) is 60.9 Å². The molecule has 0 spiro atoms. The van der Waals surface area contributed by atoms with E-state index in [1.165, 1.54) is 0 Å². The molecule has 0 unspecified atom stereocenters. The molecule has 0 aliphatic rings. The quantitative estimate of drug-likeness (QED) is 0.650. The van der Waals surface area contributed by atoms with E-state index in [1.807, 2.05) is 36.4 Å². The Morgan fingerprint density at radius 2 is 1.41 bits per heavy atom. The fraction of sp³-hybridized carbons (Fsp3) is 0. The highest BCUT2D eigenvalue weighted by atomic mass is 35.5. The van der Waals surface area contributed by atoms with Crippen LogP contribution in [0.5, 0.6) is 0 Å². The highest BCUT2D eigenvalue weighted by molar-refractivity contribution is 5.91. The summed E-state index contributed by atoms with van der Waals surface area (Å²) in [4.78, 5) is 8.62. The van der Waals surface area contributed by atoms with Crippen molar-refractivity contribution in [2.24, 2.45) is 0 Å². The van der Waals surface area contributed by atoms with Crippen LogP contribution in [0.4, 0.5) is 0 Å². The Labute approximate surface area is 106 Å². The van der Waals surface area contributed by atoms with E-state index in [2.05, 4.69) is 28.2 Å². The highest BCUT2D eigenvalue weighted by Crippen LogP contribution is 2.24. The van der Waals surface area contributed by atoms with Gasteiger partial charge >= 0.3 is 0 Å². The van der Waals surface area contributed by atoms with Crippen molar-refractivity contribution in [3.8, 4) is 11.3 Å². The number of hydrogen-bond donors (Lipinski definition) is 0. The minimum absolute atomic E-state index is 0. The number of fused-ring (bicyclic) bond motifs is 1. The molecule has 0 saturated carbocycles. The second kappa shape index (κ2) is 4.93. The molecule has 0 fully saturated rings. The van der Waals surface area contributed by atoms with Crippen molar-refractivity contribution < 1.29 is 0 Å². The van der Waals surface area contributed by atoms with Gasteiger partial charge in [0.2, 0.25) is 0 Å². The highest BCUT2D eigenvalue weighted by Gasteiger charge is 2.04. The lowest BCUT2D eigenvalue weighted by Crippen LogP contribution is -1.87. The van der Waals surface area contributed by atoms with Crippen molar-refractivity contribution >= 4 is 23.3 Å². The predicted molar refractivity (Wildman–Crippen MR) is 72.2 cm³/mol. The van der Waals surface area contributed by atoms with Crippen molar-refractivity contribution in [1.29, 1.82) is 0 Å². The zero-order valence-electron chi connectivity index (χ0n) is 9.08. The first-order valence-corrected chi connectivity index (χ1v) is 5.20. The van der Waals surface area contributed by atoms with E-state index < -0.39 is 0 Å². The lowest BCUT2D eigenvalue weighted by molar-refractivity contribution is 1.22. The van der Waals surface area contributed by atoms with Gasteiger partial charge in [-0.2, -0.15) is 0 Å². The lowest BCUT2D eigenvalue weighted by Gasteiger charge is -2.04. The number of benzene rings is 2. The summed E-state index contributed by atoms with van der Waals surface area (Å²) in [6.07, 6.45) is 1.62. The van der Waals surface area contributed by atoms with Crippen LogP contribution in [0.1, 0.15) is 0 Å². The fourth-order valence-electron chi connectivity index (χ4n) is 1.83. The monoisotopic (exact) mass is 242 g/mol. The van der Waals surface area contributed by atoms with Gasteiger partial charge in [0.15, 0.2) is 0 Å². The van der Waals surface area contributed by atoms with Crippen molar-refractivity contribution in [3.05, 3.63) is 60.9 Å². The molecule has 1 aromatic heterocycles. The molecule has 0 saturated heterocycles. The maximum Gasteiger partial charge on any atom is 0.116 e.